The predicted octanol–water partition coefficient (Wildman–Crippen LogP) is 2.85. The molecular formula is C17H27NO4. The molecule has 0 aromatic rings. The van der Waals surface area contributed by atoms with E-state index >= 15 is 0 Å². The molecule has 22 heavy (non-hydrogen) atoms. The molecule has 0 aromatic heterocycles. The van der Waals surface area contributed by atoms with Gasteiger partial charge in [0, 0.05) is 12.5 Å². The highest BCUT2D eigenvalue weighted by atomic mass is 16.6. The summed E-state index contributed by atoms with van der Waals surface area (Å²) in [7, 11) is 1.37. The molecule has 124 valence electrons. The number of hydrogen-bond donors (Lipinski definition) is 0. The average Bonchev–Trinajstić information content (AvgIpc) is 2.82. The van der Waals surface area contributed by atoms with Crippen molar-refractivity contribution < 1.29 is 19.1 Å². The van der Waals surface area contributed by atoms with Gasteiger partial charge < -0.3 is 9.47 Å². The van der Waals surface area contributed by atoms with Crippen LogP contribution in [0.1, 0.15) is 34.6 Å². The smallest absolute Gasteiger partial charge is 0.411 e. The maximum Gasteiger partial charge on any atom is 0.411 e. The summed E-state index contributed by atoms with van der Waals surface area (Å²) in [6.07, 6.45) is 3.88. The number of hydrogen-bond acceptors (Lipinski definition) is 4. The SMILES string of the molecule is COC(=O)[C@@H]1[C@@H]2[C@H](CN1C(=O)OC(C)(C)C)[C@@H](C)C=C[C@H]2C. The van der Waals surface area contributed by atoms with Crippen molar-refractivity contribution in [3.05, 3.63) is 12.2 Å². The number of methoxy groups -OCH3 is 1. The Balaban J connectivity index is 2.30. The Bertz CT molecular complexity index is 480. The average molecular weight is 309 g/mol. The molecule has 1 aliphatic carbocycles. The molecule has 1 amide bonds. The van der Waals surface area contributed by atoms with Crippen LogP contribution in [0.15, 0.2) is 12.2 Å². The molecule has 2 rings (SSSR count). The van der Waals surface area contributed by atoms with Crippen molar-refractivity contribution in [1.82, 2.24) is 4.90 Å². The fourth-order valence-corrected chi connectivity index (χ4v) is 3.63. The number of esters is 1. The molecule has 0 radical (unpaired) electrons. The number of carbonyl (C=O) groups excluding carboxylic acids is 2. The van der Waals surface area contributed by atoms with Crippen LogP contribution in [0.5, 0.6) is 0 Å². The minimum Gasteiger partial charge on any atom is -0.467 e. The molecule has 5 nitrogen and oxygen atoms in total. The lowest BCUT2D eigenvalue weighted by Crippen LogP contribution is -2.47. The van der Waals surface area contributed by atoms with Crippen LogP contribution in [0.2, 0.25) is 0 Å². The number of rotatable bonds is 1. The van der Waals surface area contributed by atoms with E-state index in [9.17, 15) is 9.59 Å². The molecule has 0 spiro atoms. The Morgan fingerprint density at radius 1 is 1.14 bits per heavy atom. The number of allylic oxidation sites excluding steroid dienone is 2. The van der Waals surface area contributed by atoms with E-state index in [1.165, 1.54) is 7.11 Å². The van der Waals surface area contributed by atoms with Gasteiger partial charge in [-0.1, -0.05) is 26.0 Å². The third-order valence-electron chi connectivity index (χ3n) is 4.67. The molecule has 1 heterocycles. The zero-order chi connectivity index (χ0) is 16.7. The van der Waals surface area contributed by atoms with Crippen LogP contribution >= 0.6 is 0 Å². The van der Waals surface area contributed by atoms with E-state index in [1.54, 1.807) is 4.90 Å². The molecule has 0 bridgehead atoms. The molecular weight excluding hydrogens is 282 g/mol. The Morgan fingerprint density at radius 2 is 1.73 bits per heavy atom. The molecule has 1 fully saturated rings. The molecule has 1 aliphatic heterocycles. The summed E-state index contributed by atoms with van der Waals surface area (Å²) in [5, 5.41) is 0. The normalized spacial score (nSPS) is 34.3. The summed E-state index contributed by atoms with van der Waals surface area (Å²) in [5.41, 5.74) is -0.582. The summed E-state index contributed by atoms with van der Waals surface area (Å²) in [6, 6.07) is -0.563. The van der Waals surface area contributed by atoms with E-state index in [-0.39, 0.29) is 23.7 Å². The highest BCUT2D eigenvalue weighted by molar-refractivity contribution is 5.83. The Labute approximate surface area is 132 Å². The minimum absolute atomic E-state index is 0.0833. The van der Waals surface area contributed by atoms with Crippen LogP contribution in [0.4, 0.5) is 4.79 Å². The van der Waals surface area contributed by atoms with Gasteiger partial charge >= 0.3 is 12.1 Å². The van der Waals surface area contributed by atoms with Gasteiger partial charge in [0.05, 0.1) is 7.11 Å². The van der Waals surface area contributed by atoms with Gasteiger partial charge in [0.2, 0.25) is 0 Å². The van der Waals surface area contributed by atoms with Crippen molar-refractivity contribution >= 4 is 12.1 Å². The van der Waals surface area contributed by atoms with Crippen molar-refractivity contribution in [3.63, 3.8) is 0 Å². The molecule has 5 heteroatoms. The molecule has 0 aromatic carbocycles. The van der Waals surface area contributed by atoms with E-state index in [0.717, 1.165) is 0 Å². The first-order valence-corrected chi connectivity index (χ1v) is 7.91. The monoisotopic (exact) mass is 309 g/mol. The van der Waals surface area contributed by atoms with Gasteiger partial charge in [-0.3, -0.25) is 4.90 Å². The number of likely N-dealkylation sites (tertiary alicyclic amines) is 1. The van der Waals surface area contributed by atoms with E-state index < -0.39 is 17.7 Å². The summed E-state index contributed by atoms with van der Waals surface area (Å²) in [6.45, 7) is 10.2. The van der Waals surface area contributed by atoms with Crippen LogP contribution in [0.25, 0.3) is 0 Å². The predicted molar refractivity (Wildman–Crippen MR) is 83.2 cm³/mol. The Morgan fingerprint density at radius 3 is 2.27 bits per heavy atom. The van der Waals surface area contributed by atoms with Gasteiger partial charge in [0.1, 0.15) is 11.6 Å². The van der Waals surface area contributed by atoms with E-state index in [1.807, 2.05) is 20.8 Å². The first kappa shape index (κ1) is 16.8. The van der Waals surface area contributed by atoms with Crippen molar-refractivity contribution in [2.75, 3.05) is 13.7 Å². The summed E-state index contributed by atoms with van der Waals surface area (Å²) in [5.74, 6) is 0.558. The van der Waals surface area contributed by atoms with Crippen LogP contribution < -0.4 is 0 Å². The first-order valence-electron chi connectivity index (χ1n) is 7.91. The third kappa shape index (κ3) is 3.13. The lowest BCUT2D eigenvalue weighted by Gasteiger charge is -2.33. The molecule has 0 N–H and O–H groups in total. The second-order valence-electron chi connectivity index (χ2n) is 7.45. The van der Waals surface area contributed by atoms with Crippen molar-refractivity contribution in [1.29, 1.82) is 0 Å². The molecule has 5 atom stereocenters. The highest BCUT2D eigenvalue weighted by Crippen LogP contribution is 2.44. The van der Waals surface area contributed by atoms with Gasteiger partial charge in [-0.2, -0.15) is 0 Å². The fourth-order valence-electron chi connectivity index (χ4n) is 3.63. The summed E-state index contributed by atoms with van der Waals surface area (Å²) < 4.78 is 10.4. The van der Waals surface area contributed by atoms with E-state index in [0.29, 0.717) is 12.5 Å². The van der Waals surface area contributed by atoms with Gasteiger partial charge in [0.15, 0.2) is 0 Å². The van der Waals surface area contributed by atoms with E-state index in [2.05, 4.69) is 26.0 Å². The number of fused-ring (bicyclic) bond motifs is 1. The zero-order valence-electron chi connectivity index (χ0n) is 14.3. The third-order valence-corrected chi connectivity index (χ3v) is 4.67. The standard InChI is InChI=1S/C17H27NO4/c1-10-7-8-11(2)13-12(10)9-18(14(13)15(19)21-6)16(20)22-17(3,4)5/h7-8,10-14H,9H2,1-6H3/t10-,11+,12+,13-,14-/m0/s1. The molecule has 0 unspecified atom stereocenters. The summed E-state index contributed by atoms with van der Waals surface area (Å²) >= 11 is 0. The van der Waals surface area contributed by atoms with Crippen LogP contribution in [-0.4, -0.2) is 42.3 Å². The van der Waals surface area contributed by atoms with Gasteiger partial charge in [-0.15, -0.1) is 0 Å². The highest BCUT2D eigenvalue weighted by Gasteiger charge is 2.53. The van der Waals surface area contributed by atoms with Gasteiger partial charge in [0.25, 0.3) is 0 Å². The van der Waals surface area contributed by atoms with Crippen LogP contribution in [0, 0.1) is 23.7 Å². The minimum atomic E-state index is -0.582. The molecule has 1 saturated heterocycles. The lowest BCUT2D eigenvalue weighted by molar-refractivity contribution is -0.147. The quantitative estimate of drug-likeness (QED) is 0.552. The maximum atomic E-state index is 12.5. The Hall–Kier alpha value is -1.52. The number of nitrogens with zero attached hydrogens (tertiary/aromatic N) is 1. The molecule has 2 aliphatic rings. The number of amides is 1. The lowest BCUT2D eigenvalue weighted by atomic mass is 9.71. The van der Waals surface area contributed by atoms with Crippen molar-refractivity contribution in [2.24, 2.45) is 23.7 Å². The van der Waals surface area contributed by atoms with Gasteiger partial charge in [-0.05, 0) is 38.5 Å². The molecule has 0 saturated carbocycles. The van der Waals surface area contributed by atoms with E-state index in [4.69, 9.17) is 9.47 Å². The maximum absolute atomic E-state index is 12.5. The van der Waals surface area contributed by atoms with Crippen LogP contribution in [-0.2, 0) is 14.3 Å². The fraction of sp³-hybridized carbons (Fsp3) is 0.765. The van der Waals surface area contributed by atoms with Crippen LogP contribution in [0.3, 0.4) is 0 Å². The van der Waals surface area contributed by atoms with Crippen molar-refractivity contribution in [2.45, 2.75) is 46.3 Å². The zero-order valence-corrected chi connectivity index (χ0v) is 14.3. The number of ether oxygens (including phenoxy) is 2. The van der Waals surface area contributed by atoms with Crippen molar-refractivity contribution in [3.8, 4) is 0 Å². The number of carbonyl (C=O) groups is 2. The first-order chi connectivity index (χ1) is 10.2. The Kier molecular flexibility index (Phi) is 4.54. The largest absolute Gasteiger partial charge is 0.467 e. The second-order valence-corrected chi connectivity index (χ2v) is 7.45. The second kappa shape index (κ2) is 5.94. The topological polar surface area (TPSA) is 55.8 Å². The van der Waals surface area contributed by atoms with Gasteiger partial charge in [-0.25, -0.2) is 9.59 Å². The summed E-state index contributed by atoms with van der Waals surface area (Å²) in [4.78, 5) is 26.4.